The molecule has 96 valence electrons. The van der Waals surface area contributed by atoms with Gasteiger partial charge in [-0.3, -0.25) is 0 Å². The molecule has 5 heteroatoms. The van der Waals surface area contributed by atoms with Crippen LogP contribution in [0.3, 0.4) is 0 Å². The molecule has 1 aromatic rings. The first kappa shape index (κ1) is 14.3. The molecule has 0 fully saturated rings. The first-order valence-corrected chi connectivity index (χ1v) is 6.16. The minimum absolute atomic E-state index is 0.134. The molecule has 0 aliphatic rings. The van der Waals surface area contributed by atoms with Gasteiger partial charge in [-0.25, -0.2) is 4.39 Å². The maximum Gasteiger partial charge on any atom is 0.197 e. The van der Waals surface area contributed by atoms with Crippen LogP contribution in [0.2, 0.25) is 0 Å². The van der Waals surface area contributed by atoms with Gasteiger partial charge in [0.2, 0.25) is 0 Å². The number of benzene rings is 1. The summed E-state index contributed by atoms with van der Waals surface area (Å²) in [6.45, 7) is 2.59. The lowest BCUT2D eigenvalue weighted by Gasteiger charge is -2.19. The highest BCUT2D eigenvalue weighted by molar-refractivity contribution is 9.10. The first-order valence-electron chi connectivity index (χ1n) is 5.36. The van der Waals surface area contributed by atoms with Crippen LogP contribution in [0.1, 0.15) is 24.8 Å². The van der Waals surface area contributed by atoms with Crippen LogP contribution in [0, 0.1) is 5.82 Å². The standard InChI is InChI=1S/C12H17BrFNO2/c1-7(4-5-15)10-8(13)6-9(14)11(16-2)12(10)17-3/h6-7H,4-5,15H2,1-3H3. The van der Waals surface area contributed by atoms with Gasteiger partial charge >= 0.3 is 0 Å². The summed E-state index contributed by atoms with van der Waals surface area (Å²) in [5.41, 5.74) is 6.43. The molecule has 1 unspecified atom stereocenters. The van der Waals surface area contributed by atoms with Gasteiger partial charge in [0.1, 0.15) is 0 Å². The van der Waals surface area contributed by atoms with Crippen LogP contribution in [0.5, 0.6) is 11.5 Å². The van der Waals surface area contributed by atoms with Gasteiger partial charge in [0.05, 0.1) is 14.2 Å². The minimum Gasteiger partial charge on any atom is -0.492 e. The van der Waals surface area contributed by atoms with Crippen LogP contribution < -0.4 is 15.2 Å². The summed E-state index contributed by atoms with van der Waals surface area (Å²) in [6, 6.07) is 1.39. The van der Waals surface area contributed by atoms with E-state index < -0.39 is 5.82 Å². The fraction of sp³-hybridized carbons (Fsp3) is 0.500. The molecule has 0 heterocycles. The van der Waals surface area contributed by atoms with Gasteiger partial charge in [0.25, 0.3) is 0 Å². The normalized spacial score (nSPS) is 12.4. The molecule has 0 aliphatic heterocycles. The number of hydrogen-bond acceptors (Lipinski definition) is 3. The third kappa shape index (κ3) is 2.90. The number of nitrogens with two attached hydrogens (primary N) is 1. The Morgan fingerprint density at radius 3 is 2.41 bits per heavy atom. The lowest BCUT2D eigenvalue weighted by molar-refractivity contribution is 0.332. The monoisotopic (exact) mass is 305 g/mol. The van der Waals surface area contributed by atoms with E-state index in [2.05, 4.69) is 15.9 Å². The molecule has 0 saturated carbocycles. The highest BCUT2D eigenvalue weighted by Gasteiger charge is 2.22. The van der Waals surface area contributed by atoms with E-state index in [0.717, 1.165) is 12.0 Å². The molecule has 1 atom stereocenters. The van der Waals surface area contributed by atoms with Crippen LogP contribution in [0.4, 0.5) is 4.39 Å². The van der Waals surface area contributed by atoms with Gasteiger partial charge in [-0.05, 0) is 24.9 Å². The summed E-state index contributed by atoms with van der Waals surface area (Å²) in [5.74, 6) is 0.286. The molecular weight excluding hydrogens is 289 g/mol. The molecule has 0 bridgehead atoms. The van der Waals surface area contributed by atoms with E-state index in [1.165, 1.54) is 20.3 Å². The van der Waals surface area contributed by atoms with Gasteiger partial charge in [0, 0.05) is 10.0 Å². The van der Waals surface area contributed by atoms with Crippen molar-refractivity contribution < 1.29 is 13.9 Å². The molecule has 17 heavy (non-hydrogen) atoms. The Bertz CT molecular complexity index is 399. The number of halogens is 2. The van der Waals surface area contributed by atoms with E-state index >= 15 is 0 Å². The van der Waals surface area contributed by atoms with Gasteiger partial charge in [0.15, 0.2) is 17.3 Å². The third-order valence-electron chi connectivity index (χ3n) is 2.68. The predicted octanol–water partition coefficient (Wildman–Crippen LogP) is 3.06. The summed E-state index contributed by atoms with van der Waals surface area (Å²) in [6.07, 6.45) is 0.795. The van der Waals surface area contributed by atoms with Gasteiger partial charge in [-0.15, -0.1) is 0 Å². The zero-order chi connectivity index (χ0) is 13.0. The van der Waals surface area contributed by atoms with Crippen LogP contribution in [-0.2, 0) is 0 Å². The Balaban J connectivity index is 3.36. The Morgan fingerprint density at radius 1 is 1.35 bits per heavy atom. The molecule has 0 radical (unpaired) electrons. The van der Waals surface area contributed by atoms with E-state index in [0.29, 0.717) is 16.8 Å². The summed E-state index contributed by atoms with van der Waals surface area (Å²) in [4.78, 5) is 0. The van der Waals surface area contributed by atoms with E-state index in [-0.39, 0.29) is 11.7 Å². The first-order chi connectivity index (χ1) is 8.06. The van der Waals surface area contributed by atoms with Crippen LogP contribution in [-0.4, -0.2) is 20.8 Å². The largest absolute Gasteiger partial charge is 0.492 e. The maximum absolute atomic E-state index is 13.7. The molecule has 2 N–H and O–H groups in total. The van der Waals surface area contributed by atoms with Gasteiger partial charge in [-0.2, -0.15) is 0 Å². The van der Waals surface area contributed by atoms with Crippen molar-refractivity contribution in [2.45, 2.75) is 19.3 Å². The Morgan fingerprint density at radius 2 is 1.94 bits per heavy atom. The lowest BCUT2D eigenvalue weighted by atomic mass is 9.96. The Hall–Kier alpha value is -0.810. The maximum atomic E-state index is 13.7. The second kappa shape index (κ2) is 6.21. The average molecular weight is 306 g/mol. The number of ether oxygens (including phenoxy) is 2. The zero-order valence-corrected chi connectivity index (χ0v) is 11.8. The molecule has 1 rings (SSSR count). The van der Waals surface area contributed by atoms with E-state index in [1.54, 1.807) is 0 Å². The Kier molecular flexibility index (Phi) is 5.21. The summed E-state index contributed by atoms with van der Waals surface area (Å²) in [5, 5.41) is 0. The van der Waals surface area contributed by atoms with Gasteiger partial charge in [-0.1, -0.05) is 22.9 Å². The fourth-order valence-corrected chi connectivity index (χ4v) is 2.61. The van der Waals surface area contributed by atoms with Crippen molar-refractivity contribution in [2.75, 3.05) is 20.8 Å². The second-order valence-electron chi connectivity index (χ2n) is 3.80. The van der Waals surface area contributed by atoms with Crippen LogP contribution in [0.15, 0.2) is 10.5 Å². The van der Waals surface area contributed by atoms with Crippen molar-refractivity contribution in [3.8, 4) is 11.5 Å². The smallest absolute Gasteiger partial charge is 0.197 e. The van der Waals surface area contributed by atoms with Crippen molar-refractivity contribution in [1.29, 1.82) is 0 Å². The van der Waals surface area contributed by atoms with E-state index in [4.69, 9.17) is 15.2 Å². The third-order valence-corrected chi connectivity index (χ3v) is 3.34. The summed E-state index contributed by atoms with van der Waals surface area (Å²) >= 11 is 3.36. The summed E-state index contributed by atoms with van der Waals surface area (Å²) < 4.78 is 24.6. The zero-order valence-electron chi connectivity index (χ0n) is 10.2. The summed E-state index contributed by atoms with van der Waals surface area (Å²) in [7, 11) is 2.93. The highest BCUT2D eigenvalue weighted by atomic mass is 79.9. The minimum atomic E-state index is -0.445. The molecule has 0 spiro atoms. The molecule has 0 aromatic heterocycles. The molecule has 0 aliphatic carbocycles. The number of rotatable bonds is 5. The average Bonchev–Trinajstić information content (AvgIpc) is 2.28. The molecule has 0 saturated heterocycles. The van der Waals surface area contributed by atoms with Gasteiger partial charge < -0.3 is 15.2 Å². The van der Waals surface area contributed by atoms with Crippen LogP contribution >= 0.6 is 15.9 Å². The molecule has 0 amide bonds. The van der Waals surface area contributed by atoms with Crippen LogP contribution in [0.25, 0.3) is 0 Å². The fourth-order valence-electron chi connectivity index (χ4n) is 1.84. The lowest BCUT2D eigenvalue weighted by Crippen LogP contribution is -2.08. The predicted molar refractivity (Wildman–Crippen MR) is 69.3 cm³/mol. The molecule has 1 aromatic carbocycles. The molecule has 3 nitrogen and oxygen atoms in total. The van der Waals surface area contributed by atoms with Crippen molar-refractivity contribution >= 4 is 15.9 Å². The number of hydrogen-bond donors (Lipinski definition) is 1. The van der Waals surface area contributed by atoms with Crippen molar-refractivity contribution in [3.63, 3.8) is 0 Å². The Labute approximate surface area is 109 Å². The SMILES string of the molecule is COc1c(F)cc(Br)c(C(C)CCN)c1OC. The van der Waals surface area contributed by atoms with Crippen molar-refractivity contribution in [2.24, 2.45) is 5.73 Å². The topological polar surface area (TPSA) is 44.5 Å². The van der Waals surface area contributed by atoms with Crippen molar-refractivity contribution in [1.82, 2.24) is 0 Å². The second-order valence-corrected chi connectivity index (χ2v) is 4.65. The van der Waals surface area contributed by atoms with Crippen molar-refractivity contribution in [3.05, 3.63) is 21.9 Å². The van der Waals surface area contributed by atoms with E-state index in [1.807, 2.05) is 6.92 Å². The highest BCUT2D eigenvalue weighted by Crippen LogP contribution is 2.43. The molecular formula is C12H17BrFNO2. The quantitative estimate of drug-likeness (QED) is 0.909. The number of methoxy groups -OCH3 is 2. The van der Waals surface area contributed by atoms with E-state index in [9.17, 15) is 4.39 Å².